The number of hydrogen-bond donors (Lipinski definition) is 1. The highest BCUT2D eigenvalue weighted by Crippen LogP contribution is 2.18. The van der Waals surface area contributed by atoms with Crippen LogP contribution in [0.25, 0.3) is 11.6 Å². The molecule has 0 unspecified atom stereocenters. The maximum absolute atomic E-state index is 12.0. The van der Waals surface area contributed by atoms with Crippen molar-refractivity contribution in [3.8, 4) is 11.6 Å². The first-order valence-corrected chi connectivity index (χ1v) is 8.73. The van der Waals surface area contributed by atoms with Gasteiger partial charge >= 0.3 is 0 Å². The SMILES string of the molecule is Cc1cc(-c2nnc(CCC(=O)NCCc3ccc(Cl)cc3)o2)n(C)n1. The van der Waals surface area contributed by atoms with E-state index >= 15 is 0 Å². The summed E-state index contributed by atoms with van der Waals surface area (Å²) in [6, 6.07) is 9.47. The molecular weight excluding hydrogens is 354 g/mol. The lowest BCUT2D eigenvalue weighted by atomic mass is 10.1. The van der Waals surface area contributed by atoms with Crippen LogP contribution < -0.4 is 5.32 Å². The van der Waals surface area contributed by atoms with Crippen LogP contribution in [0.1, 0.15) is 23.6 Å². The third-order valence-electron chi connectivity index (χ3n) is 3.90. The summed E-state index contributed by atoms with van der Waals surface area (Å²) < 4.78 is 7.31. The van der Waals surface area contributed by atoms with E-state index in [1.165, 1.54) is 0 Å². The molecule has 0 fully saturated rings. The summed E-state index contributed by atoms with van der Waals surface area (Å²) in [4.78, 5) is 12.0. The molecule has 2 aromatic heterocycles. The first-order chi connectivity index (χ1) is 12.5. The lowest BCUT2D eigenvalue weighted by Gasteiger charge is -2.04. The highest BCUT2D eigenvalue weighted by Gasteiger charge is 2.14. The fraction of sp³-hybridized carbons (Fsp3) is 0.333. The van der Waals surface area contributed by atoms with Crippen molar-refractivity contribution in [2.45, 2.75) is 26.2 Å². The molecule has 3 aromatic rings. The maximum atomic E-state index is 12.0. The van der Waals surface area contributed by atoms with Gasteiger partial charge in [-0.3, -0.25) is 9.48 Å². The minimum atomic E-state index is -0.0462. The molecule has 1 N–H and O–H groups in total. The maximum Gasteiger partial charge on any atom is 0.265 e. The molecule has 0 aliphatic carbocycles. The minimum absolute atomic E-state index is 0.0462. The molecule has 8 heteroatoms. The van der Waals surface area contributed by atoms with E-state index in [1.54, 1.807) is 4.68 Å². The minimum Gasteiger partial charge on any atom is -0.419 e. The highest BCUT2D eigenvalue weighted by molar-refractivity contribution is 6.30. The lowest BCUT2D eigenvalue weighted by molar-refractivity contribution is -0.121. The average Bonchev–Trinajstić information content (AvgIpc) is 3.20. The van der Waals surface area contributed by atoms with E-state index in [-0.39, 0.29) is 5.91 Å². The first kappa shape index (κ1) is 18.1. The quantitative estimate of drug-likeness (QED) is 0.688. The molecule has 0 bridgehead atoms. The third-order valence-corrected chi connectivity index (χ3v) is 4.15. The van der Waals surface area contributed by atoms with Gasteiger partial charge in [0.25, 0.3) is 5.89 Å². The molecule has 0 saturated heterocycles. The van der Waals surface area contributed by atoms with Gasteiger partial charge < -0.3 is 9.73 Å². The van der Waals surface area contributed by atoms with Crippen LogP contribution in [-0.4, -0.2) is 32.4 Å². The van der Waals surface area contributed by atoms with Crippen molar-refractivity contribution >= 4 is 17.5 Å². The zero-order valence-electron chi connectivity index (χ0n) is 14.7. The molecule has 1 amide bonds. The summed E-state index contributed by atoms with van der Waals surface area (Å²) in [5.41, 5.74) is 2.76. The van der Waals surface area contributed by atoms with Crippen LogP contribution in [0.3, 0.4) is 0 Å². The Morgan fingerprint density at radius 1 is 1.23 bits per heavy atom. The van der Waals surface area contributed by atoms with Gasteiger partial charge in [-0.25, -0.2) is 0 Å². The fourth-order valence-corrected chi connectivity index (χ4v) is 2.70. The topological polar surface area (TPSA) is 85.8 Å². The Labute approximate surface area is 156 Å². The smallest absolute Gasteiger partial charge is 0.265 e. The van der Waals surface area contributed by atoms with Gasteiger partial charge in [0.2, 0.25) is 11.8 Å². The molecule has 1 aromatic carbocycles. The summed E-state index contributed by atoms with van der Waals surface area (Å²) >= 11 is 5.85. The summed E-state index contributed by atoms with van der Waals surface area (Å²) in [6.45, 7) is 2.47. The lowest BCUT2D eigenvalue weighted by Crippen LogP contribution is -2.25. The molecule has 0 atom stereocenters. The van der Waals surface area contributed by atoms with Gasteiger partial charge in [-0.15, -0.1) is 10.2 Å². The molecule has 0 radical (unpaired) electrons. The highest BCUT2D eigenvalue weighted by atomic mass is 35.5. The van der Waals surface area contributed by atoms with Gasteiger partial charge in [0.05, 0.1) is 5.69 Å². The van der Waals surface area contributed by atoms with Gasteiger partial charge in [0.15, 0.2) is 0 Å². The number of carbonyl (C=O) groups excluding carboxylic acids is 1. The number of benzene rings is 1. The van der Waals surface area contributed by atoms with E-state index in [2.05, 4.69) is 20.6 Å². The van der Waals surface area contributed by atoms with E-state index in [9.17, 15) is 4.79 Å². The van der Waals surface area contributed by atoms with Gasteiger partial charge in [-0.1, -0.05) is 23.7 Å². The summed E-state index contributed by atoms with van der Waals surface area (Å²) in [6.07, 6.45) is 1.46. The number of aromatic nitrogens is 4. The molecule has 0 saturated carbocycles. The number of halogens is 1. The number of aryl methyl sites for hydroxylation is 3. The van der Waals surface area contributed by atoms with Crippen LogP contribution >= 0.6 is 11.6 Å². The Bertz CT molecular complexity index is 885. The molecule has 0 spiro atoms. The number of nitrogens with zero attached hydrogens (tertiary/aromatic N) is 4. The van der Waals surface area contributed by atoms with E-state index in [4.69, 9.17) is 16.0 Å². The van der Waals surface area contributed by atoms with Gasteiger partial charge in [0, 0.05) is 31.5 Å². The summed E-state index contributed by atoms with van der Waals surface area (Å²) in [7, 11) is 1.82. The standard InChI is InChI=1S/C18H20ClN5O2/c1-12-11-15(24(2)23-12)18-22-21-17(26-18)8-7-16(25)20-10-9-13-3-5-14(19)6-4-13/h3-6,11H,7-10H2,1-2H3,(H,20,25). The van der Waals surface area contributed by atoms with Crippen molar-refractivity contribution in [2.24, 2.45) is 7.05 Å². The van der Waals surface area contributed by atoms with E-state index in [0.717, 1.165) is 23.4 Å². The normalized spacial score (nSPS) is 10.9. The monoisotopic (exact) mass is 373 g/mol. The van der Waals surface area contributed by atoms with Crippen molar-refractivity contribution in [2.75, 3.05) is 6.54 Å². The van der Waals surface area contributed by atoms with Crippen molar-refractivity contribution in [1.82, 2.24) is 25.3 Å². The molecule has 2 heterocycles. The van der Waals surface area contributed by atoms with Crippen LogP contribution in [0.2, 0.25) is 5.02 Å². The molecule has 26 heavy (non-hydrogen) atoms. The van der Waals surface area contributed by atoms with Crippen LogP contribution in [0.5, 0.6) is 0 Å². The third kappa shape index (κ3) is 4.70. The number of amides is 1. The summed E-state index contributed by atoms with van der Waals surface area (Å²) in [5, 5.41) is 15.9. The van der Waals surface area contributed by atoms with E-state index in [0.29, 0.717) is 36.2 Å². The van der Waals surface area contributed by atoms with Crippen molar-refractivity contribution in [3.05, 3.63) is 52.5 Å². The fourth-order valence-electron chi connectivity index (χ4n) is 2.58. The predicted octanol–water partition coefficient (Wildman–Crippen LogP) is 2.72. The largest absolute Gasteiger partial charge is 0.419 e. The van der Waals surface area contributed by atoms with E-state index < -0.39 is 0 Å². The first-order valence-electron chi connectivity index (χ1n) is 8.36. The Hall–Kier alpha value is -2.67. The number of carbonyl (C=O) groups is 1. The molecule has 7 nitrogen and oxygen atoms in total. The second-order valence-corrected chi connectivity index (χ2v) is 6.46. The number of hydrogen-bond acceptors (Lipinski definition) is 5. The van der Waals surface area contributed by atoms with Crippen LogP contribution in [-0.2, 0) is 24.7 Å². The average molecular weight is 374 g/mol. The predicted molar refractivity (Wildman–Crippen MR) is 97.7 cm³/mol. The Morgan fingerprint density at radius 3 is 2.69 bits per heavy atom. The molecule has 0 aliphatic heterocycles. The second kappa shape index (κ2) is 8.14. The Kier molecular flexibility index (Phi) is 5.68. The zero-order valence-corrected chi connectivity index (χ0v) is 15.5. The van der Waals surface area contributed by atoms with Crippen molar-refractivity contribution < 1.29 is 9.21 Å². The molecule has 3 rings (SSSR count). The van der Waals surface area contributed by atoms with Crippen LogP contribution in [0, 0.1) is 6.92 Å². The van der Waals surface area contributed by atoms with Crippen LogP contribution in [0.15, 0.2) is 34.7 Å². The molecular formula is C18H20ClN5O2. The van der Waals surface area contributed by atoms with E-state index in [1.807, 2.05) is 44.3 Å². The van der Waals surface area contributed by atoms with Crippen molar-refractivity contribution in [1.29, 1.82) is 0 Å². The Morgan fingerprint density at radius 2 is 2.00 bits per heavy atom. The Balaban J connectivity index is 1.44. The van der Waals surface area contributed by atoms with Gasteiger partial charge in [-0.05, 0) is 37.1 Å². The second-order valence-electron chi connectivity index (χ2n) is 6.02. The number of rotatable bonds is 7. The van der Waals surface area contributed by atoms with Gasteiger partial charge in [-0.2, -0.15) is 5.10 Å². The number of nitrogens with one attached hydrogen (secondary N) is 1. The molecule has 0 aliphatic rings. The summed E-state index contributed by atoms with van der Waals surface area (Å²) in [5.74, 6) is 0.799. The van der Waals surface area contributed by atoms with Crippen molar-refractivity contribution in [3.63, 3.8) is 0 Å². The zero-order chi connectivity index (χ0) is 18.5. The van der Waals surface area contributed by atoms with Crippen LogP contribution in [0.4, 0.5) is 0 Å². The molecule has 136 valence electrons. The van der Waals surface area contributed by atoms with Gasteiger partial charge in [0.1, 0.15) is 5.69 Å².